The minimum Gasteiger partial charge on any atom is -0.380 e. The van der Waals surface area contributed by atoms with Crippen molar-refractivity contribution in [2.75, 3.05) is 18.5 Å². The predicted molar refractivity (Wildman–Crippen MR) is 61.6 cm³/mol. The van der Waals surface area contributed by atoms with Crippen molar-refractivity contribution in [1.82, 2.24) is 0 Å². The summed E-state index contributed by atoms with van der Waals surface area (Å²) in [5, 5.41) is 3.27. The second-order valence-corrected chi connectivity index (χ2v) is 4.63. The molecule has 1 N–H and O–H groups in total. The molecule has 2 rings (SSSR count). The summed E-state index contributed by atoms with van der Waals surface area (Å²) in [6, 6.07) is 5.12. The minimum absolute atomic E-state index is 0.233. The fourth-order valence-electron chi connectivity index (χ4n) is 1.73. The molecule has 1 heterocycles. The smallest absolute Gasteiger partial charge is 0.126 e. The third-order valence-electron chi connectivity index (χ3n) is 2.39. The molecule has 0 bridgehead atoms. The molecular formula is C11H13BrFNO. The van der Waals surface area contributed by atoms with Crippen molar-refractivity contribution in [2.45, 2.75) is 18.9 Å². The maximum Gasteiger partial charge on any atom is 0.126 e. The predicted octanol–water partition coefficient (Wildman–Crippen LogP) is 3.18. The van der Waals surface area contributed by atoms with E-state index >= 15 is 0 Å². The van der Waals surface area contributed by atoms with Crippen LogP contribution in [-0.2, 0) is 4.74 Å². The van der Waals surface area contributed by atoms with E-state index in [-0.39, 0.29) is 5.82 Å². The lowest BCUT2D eigenvalue weighted by Crippen LogP contribution is -2.29. The number of hydrogen-bond donors (Lipinski definition) is 1. The number of halogens is 2. The van der Waals surface area contributed by atoms with E-state index in [1.54, 1.807) is 0 Å². The Morgan fingerprint density at radius 3 is 2.93 bits per heavy atom. The van der Waals surface area contributed by atoms with Crippen LogP contribution in [0.5, 0.6) is 0 Å². The van der Waals surface area contributed by atoms with E-state index < -0.39 is 0 Å². The molecule has 2 nitrogen and oxygen atoms in total. The van der Waals surface area contributed by atoms with Gasteiger partial charge in [0.1, 0.15) is 5.82 Å². The van der Waals surface area contributed by atoms with Gasteiger partial charge in [0.25, 0.3) is 0 Å². The first-order valence-electron chi connectivity index (χ1n) is 5.04. The maximum absolute atomic E-state index is 13.1. The maximum atomic E-state index is 13.1. The molecule has 0 radical (unpaired) electrons. The molecule has 1 aliphatic rings. The lowest BCUT2D eigenvalue weighted by Gasteiger charge is -2.24. The summed E-state index contributed by atoms with van der Waals surface area (Å²) >= 11 is 3.27. The molecule has 1 aromatic carbocycles. The standard InChI is InChI=1S/C11H13BrFNO/c12-8-4-9(13)6-11(5-8)14-10-2-1-3-15-7-10/h4-6,10,14H,1-3,7H2. The summed E-state index contributed by atoms with van der Waals surface area (Å²) < 4.78 is 19.2. The van der Waals surface area contributed by atoms with Crippen molar-refractivity contribution >= 4 is 21.6 Å². The van der Waals surface area contributed by atoms with Crippen molar-refractivity contribution in [3.05, 3.63) is 28.5 Å². The van der Waals surface area contributed by atoms with E-state index in [0.29, 0.717) is 12.6 Å². The van der Waals surface area contributed by atoms with Crippen LogP contribution in [0.1, 0.15) is 12.8 Å². The lowest BCUT2D eigenvalue weighted by atomic mass is 10.1. The minimum atomic E-state index is -0.233. The van der Waals surface area contributed by atoms with Crippen LogP contribution in [0.15, 0.2) is 22.7 Å². The highest BCUT2D eigenvalue weighted by Crippen LogP contribution is 2.20. The van der Waals surface area contributed by atoms with Crippen molar-refractivity contribution in [3.8, 4) is 0 Å². The van der Waals surface area contributed by atoms with Gasteiger partial charge in [-0.1, -0.05) is 15.9 Å². The van der Waals surface area contributed by atoms with Crippen LogP contribution in [0, 0.1) is 5.82 Å². The van der Waals surface area contributed by atoms with E-state index in [9.17, 15) is 4.39 Å². The molecule has 1 fully saturated rings. The fourth-order valence-corrected chi connectivity index (χ4v) is 2.19. The summed E-state index contributed by atoms with van der Waals surface area (Å²) in [5.41, 5.74) is 0.803. The Kier molecular flexibility index (Phi) is 3.59. The van der Waals surface area contributed by atoms with Gasteiger partial charge in [-0.25, -0.2) is 4.39 Å². The molecule has 4 heteroatoms. The first kappa shape index (κ1) is 10.9. The van der Waals surface area contributed by atoms with E-state index in [1.807, 2.05) is 6.07 Å². The molecule has 0 saturated carbocycles. The van der Waals surface area contributed by atoms with Crippen molar-refractivity contribution in [2.24, 2.45) is 0 Å². The van der Waals surface area contributed by atoms with Gasteiger partial charge in [0.15, 0.2) is 0 Å². The number of ether oxygens (including phenoxy) is 1. The van der Waals surface area contributed by atoms with Crippen LogP contribution in [0.25, 0.3) is 0 Å². The normalized spacial score (nSPS) is 21.3. The van der Waals surface area contributed by atoms with Crippen LogP contribution < -0.4 is 5.32 Å². The van der Waals surface area contributed by atoms with E-state index in [0.717, 1.165) is 29.6 Å². The summed E-state index contributed by atoms with van der Waals surface area (Å²) in [7, 11) is 0. The Morgan fingerprint density at radius 1 is 1.40 bits per heavy atom. The van der Waals surface area contributed by atoms with E-state index in [1.165, 1.54) is 12.1 Å². The van der Waals surface area contributed by atoms with Gasteiger partial charge in [-0.05, 0) is 31.0 Å². The second-order valence-electron chi connectivity index (χ2n) is 3.72. The van der Waals surface area contributed by atoms with E-state index in [4.69, 9.17) is 4.74 Å². The Balaban J connectivity index is 2.02. The Morgan fingerprint density at radius 2 is 2.27 bits per heavy atom. The van der Waals surface area contributed by atoms with E-state index in [2.05, 4.69) is 21.2 Å². The molecule has 1 saturated heterocycles. The molecule has 82 valence electrons. The Labute approximate surface area is 96.9 Å². The average Bonchev–Trinajstić information content (AvgIpc) is 2.17. The summed E-state index contributed by atoms with van der Waals surface area (Å²) in [4.78, 5) is 0. The van der Waals surface area contributed by atoms with Crippen LogP contribution in [0.4, 0.5) is 10.1 Å². The first-order chi connectivity index (χ1) is 7.24. The monoisotopic (exact) mass is 273 g/mol. The molecule has 15 heavy (non-hydrogen) atoms. The number of rotatable bonds is 2. The highest BCUT2D eigenvalue weighted by atomic mass is 79.9. The number of nitrogens with one attached hydrogen (secondary N) is 1. The van der Waals surface area contributed by atoms with Crippen LogP contribution in [0.3, 0.4) is 0 Å². The fraction of sp³-hybridized carbons (Fsp3) is 0.455. The highest BCUT2D eigenvalue weighted by molar-refractivity contribution is 9.10. The molecule has 0 aromatic heterocycles. The van der Waals surface area contributed by atoms with Gasteiger partial charge in [-0.3, -0.25) is 0 Å². The summed E-state index contributed by atoms with van der Waals surface area (Å²) in [6.07, 6.45) is 2.14. The first-order valence-corrected chi connectivity index (χ1v) is 5.84. The number of benzene rings is 1. The van der Waals surface area contributed by atoms with Gasteiger partial charge in [-0.2, -0.15) is 0 Å². The quantitative estimate of drug-likeness (QED) is 0.894. The van der Waals surface area contributed by atoms with Gasteiger partial charge in [0, 0.05) is 22.8 Å². The topological polar surface area (TPSA) is 21.3 Å². The second kappa shape index (κ2) is 4.94. The van der Waals surface area contributed by atoms with Gasteiger partial charge < -0.3 is 10.1 Å². The number of anilines is 1. The summed E-state index contributed by atoms with van der Waals surface area (Å²) in [5.74, 6) is -0.233. The lowest BCUT2D eigenvalue weighted by molar-refractivity contribution is 0.0876. The third kappa shape index (κ3) is 3.18. The Hall–Kier alpha value is -0.610. The third-order valence-corrected chi connectivity index (χ3v) is 2.85. The molecular weight excluding hydrogens is 261 g/mol. The largest absolute Gasteiger partial charge is 0.380 e. The van der Waals surface area contributed by atoms with Gasteiger partial charge in [-0.15, -0.1) is 0 Å². The SMILES string of the molecule is Fc1cc(Br)cc(NC2CCCOC2)c1. The van der Waals surface area contributed by atoms with Crippen molar-refractivity contribution in [1.29, 1.82) is 0 Å². The van der Waals surface area contributed by atoms with Gasteiger partial charge in [0.05, 0.1) is 6.61 Å². The summed E-state index contributed by atoms with van der Waals surface area (Å²) in [6.45, 7) is 1.54. The molecule has 1 unspecified atom stereocenters. The molecule has 1 aromatic rings. The zero-order valence-electron chi connectivity index (χ0n) is 8.30. The average molecular weight is 274 g/mol. The van der Waals surface area contributed by atoms with Gasteiger partial charge in [0.2, 0.25) is 0 Å². The zero-order chi connectivity index (χ0) is 10.7. The zero-order valence-corrected chi connectivity index (χ0v) is 9.89. The highest BCUT2D eigenvalue weighted by Gasteiger charge is 2.13. The van der Waals surface area contributed by atoms with Crippen molar-refractivity contribution in [3.63, 3.8) is 0 Å². The molecule has 0 amide bonds. The molecule has 1 aliphatic heterocycles. The Bertz CT molecular complexity index is 319. The van der Waals surface area contributed by atoms with Crippen LogP contribution in [-0.4, -0.2) is 19.3 Å². The van der Waals surface area contributed by atoms with Gasteiger partial charge >= 0.3 is 0 Å². The van der Waals surface area contributed by atoms with Crippen molar-refractivity contribution < 1.29 is 9.13 Å². The number of hydrogen-bond acceptors (Lipinski definition) is 2. The van der Waals surface area contributed by atoms with Crippen LogP contribution in [0.2, 0.25) is 0 Å². The molecule has 0 spiro atoms. The molecule has 0 aliphatic carbocycles. The molecule has 1 atom stereocenters. The van der Waals surface area contributed by atoms with Crippen LogP contribution >= 0.6 is 15.9 Å².